The summed E-state index contributed by atoms with van der Waals surface area (Å²) in [5.74, 6) is 0.263. The monoisotopic (exact) mass is 386 g/mol. The van der Waals surface area contributed by atoms with Crippen LogP contribution in [0.4, 0.5) is 0 Å². The van der Waals surface area contributed by atoms with Crippen molar-refractivity contribution >= 4 is 5.91 Å². The van der Waals surface area contributed by atoms with Crippen molar-refractivity contribution in [2.75, 3.05) is 52.9 Å². The van der Waals surface area contributed by atoms with Crippen molar-refractivity contribution in [3.05, 3.63) is 35.9 Å². The molecule has 0 saturated carbocycles. The van der Waals surface area contributed by atoms with E-state index in [4.69, 9.17) is 0 Å². The van der Waals surface area contributed by atoms with E-state index in [1.54, 1.807) is 0 Å². The van der Waals surface area contributed by atoms with Crippen molar-refractivity contribution in [2.45, 2.75) is 51.7 Å². The summed E-state index contributed by atoms with van der Waals surface area (Å²) in [6, 6.07) is 11.3. The van der Waals surface area contributed by atoms with Gasteiger partial charge in [0.25, 0.3) is 0 Å². The highest BCUT2D eigenvalue weighted by molar-refractivity contribution is 5.83. The molecule has 28 heavy (non-hydrogen) atoms. The van der Waals surface area contributed by atoms with E-state index < -0.39 is 0 Å². The maximum absolute atomic E-state index is 13.4. The summed E-state index contributed by atoms with van der Waals surface area (Å²) in [5.41, 5.74) is 1.10. The van der Waals surface area contributed by atoms with Crippen LogP contribution in [-0.4, -0.2) is 90.5 Å². The minimum absolute atomic E-state index is 0.169. The highest BCUT2D eigenvalue weighted by atomic mass is 16.2. The predicted octanol–water partition coefficient (Wildman–Crippen LogP) is 2.70. The summed E-state index contributed by atoms with van der Waals surface area (Å²) in [6.07, 6.45) is 2.20. The van der Waals surface area contributed by atoms with Gasteiger partial charge in [-0.1, -0.05) is 37.3 Å². The van der Waals surface area contributed by atoms with Crippen LogP contribution in [0.15, 0.2) is 30.3 Å². The van der Waals surface area contributed by atoms with Gasteiger partial charge in [0.15, 0.2) is 0 Å². The van der Waals surface area contributed by atoms with E-state index in [0.29, 0.717) is 12.1 Å². The lowest BCUT2D eigenvalue weighted by Crippen LogP contribution is -2.55. The molecule has 2 heterocycles. The molecule has 0 radical (unpaired) electrons. The van der Waals surface area contributed by atoms with Crippen molar-refractivity contribution in [2.24, 2.45) is 0 Å². The molecule has 1 amide bonds. The second kappa shape index (κ2) is 9.86. The molecule has 1 aromatic rings. The van der Waals surface area contributed by atoms with Gasteiger partial charge in [-0.05, 0) is 45.8 Å². The Hall–Kier alpha value is -1.43. The number of hydrogen-bond acceptors (Lipinski definition) is 4. The molecule has 3 rings (SSSR count). The first-order chi connectivity index (χ1) is 13.5. The van der Waals surface area contributed by atoms with E-state index in [1.165, 1.54) is 26.2 Å². The topological polar surface area (TPSA) is 30.0 Å². The Kier molecular flexibility index (Phi) is 7.49. The number of likely N-dealkylation sites (tertiary alicyclic amines) is 1. The van der Waals surface area contributed by atoms with Gasteiger partial charge in [-0.2, -0.15) is 0 Å². The Morgan fingerprint density at radius 3 is 2.18 bits per heavy atom. The molecule has 0 spiro atoms. The SMILES string of the molecule is CCN(C)C(C(=O)N1CCC(N2CCN(C(C)C)CC2)CC1)c1ccccc1. The molecule has 2 aliphatic heterocycles. The standard InChI is InChI=1S/C23H38N4O/c1-5-24(4)22(20-9-7-6-8-10-20)23(28)27-13-11-21(12-14-27)26-17-15-25(16-18-26)19(2)3/h6-10,19,21-22H,5,11-18H2,1-4H3. The Morgan fingerprint density at radius 2 is 1.64 bits per heavy atom. The van der Waals surface area contributed by atoms with Crippen LogP contribution in [0, 0.1) is 0 Å². The third kappa shape index (κ3) is 4.94. The van der Waals surface area contributed by atoms with Crippen LogP contribution in [0.25, 0.3) is 0 Å². The van der Waals surface area contributed by atoms with Crippen LogP contribution in [0.1, 0.15) is 45.2 Å². The van der Waals surface area contributed by atoms with Crippen molar-refractivity contribution in [3.8, 4) is 0 Å². The maximum Gasteiger partial charge on any atom is 0.244 e. The average molecular weight is 387 g/mol. The molecule has 2 aliphatic rings. The lowest BCUT2D eigenvalue weighted by atomic mass is 9.99. The average Bonchev–Trinajstić information content (AvgIpc) is 2.74. The smallest absolute Gasteiger partial charge is 0.244 e. The molecule has 0 aliphatic carbocycles. The number of piperidine rings is 1. The van der Waals surface area contributed by atoms with Crippen LogP contribution in [0.2, 0.25) is 0 Å². The second-order valence-corrected chi connectivity index (χ2v) is 8.61. The van der Waals surface area contributed by atoms with E-state index in [2.05, 4.69) is 59.6 Å². The van der Waals surface area contributed by atoms with Gasteiger partial charge in [0.2, 0.25) is 5.91 Å². The zero-order valence-electron chi connectivity index (χ0n) is 18.2. The number of rotatable bonds is 6. The Morgan fingerprint density at radius 1 is 1.04 bits per heavy atom. The third-order valence-electron chi connectivity index (χ3n) is 6.66. The highest BCUT2D eigenvalue weighted by Crippen LogP contribution is 2.25. The number of nitrogens with zero attached hydrogens (tertiary/aromatic N) is 4. The molecule has 0 bridgehead atoms. The summed E-state index contributed by atoms with van der Waals surface area (Å²) in [4.78, 5) is 22.9. The van der Waals surface area contributed by atoms with E-state index in [1.807, 2.05) is 18.2 Å². The first-order valence-corrected chi connectivity index (χ1v) is 11.0. The molecule has 5 heteroatoms. The Balaban J connectivity index is 1.57. The summed E-state index contributed by atoms with van der Waals surface area (Å²) >= 11 is 0. The van der Waals surface area contributed by atoms with E-state index >= 15 is 0 Å². The van der Waals surface area contributed by atoms with Crippen molar-refractivity contribution in [1.29, 1.82) is 0 Å². The molecule has 1 aromatic carbocycles. The fraction of sp³-hybridized carbons (Fsp3) is 0.696. The molecule has 1 atom stereocenters. The first kappa shape index (κ1) is 21.3. The van der Waals surface area contributed by atoms with Crippen LogP contribution < -0.4 is 0 Å². The zero-order chi connectivity index (χ0) is 20.1. The molecular formula is C23H38N4O. The van der Waals surface area contributed by atoms with Gasteiger partial charge in [-0.15, -0.1) is 0 Å². The van der Waals surface area contributed by atoms with Crippen LogP contribution in [0.3, 0.4) is 0 Å². The van der Waals surface area contributed by atoms with Crippen molar-refractivity contribution in [3.63, 3.8) is 0 Å². The normalized spacial score (nSPS) is 21.4. The Bertz CT molecular complexity index is 604. The minimum atomic E-state index is -0.169. The summed E-state index contributed by atoms with van der Waals surface area (Å²) in [6.45, 7) is 14.0. The number of amides is 1. The van der Waals surface area contributed by atoms with Gasteiger partial charge in [0.1, 0.15) is 6.04 Å². The van der Waals surface area contributed by atoms with Gasteiger partial charge in [-0.25, -0.2) is 0 Å². The number of piperazine rings is 1. The van der Waals surface area contributed by atoms with Crippen molar-refractivity contribution in [1.82, 2.24) is 19.6 Å². The second-order valence-electron chi connectivity index (χ2n) is 8.61. The maximum atomic E-state index is 13.4. The number of likely N-dealkylation sites (N-methyl/N-ethyl adjacent to an activating group) is 1. The molecule has 1 unspecified atom stereocenters. The number of hydrogen-bond donors (Lipinski definition) is 0. The molecule has 5 nitrogen and oxygen atoms in total. The van der Waals surface area contributed by atoms with Gasteiger partial charge >= 0.3 is 0 Å². The molecule has 2 saturated heterocycles. The van der Waals surface area contributed by atoms with Crippen LogP contribution in [-0.2, 0) is 4.79 Å². The van der Waals surface area contributed by atoms with E-state index in [9.17, 15) is 4.79 Å². The lowest BCUT2D eigenvalue weighted by molar-refractivity contribution is -0.138. The molecule has 0 aromatic heterocycles. The summed E-state index contributed by atoms with van der Waals surface area (Å²) in [7, 11) is 2.05. The summed E-state index contributed by atoms with van der Waals surface area (Å²) in [5, 5.41) is 0. The number of benzene rings is 1. The fourth-order valence-electron chi connectivity index (χ4n) is 4.65. The van der Waals surface area contributed by atoms with E-state index in [-0.39, 0.29) is 11.9 Å². The molecule has 2 fully saturated rings. The fourth-order valence-corrected chi connectivity index (χ4v) is 4.65. The predicted molar refractivity (Wildman–Crippen MR) is 115 cm³/mol. The van der Waals surface area contributed by atoms with Gasteiger partial charge in [-0.3, -0.25) is 19.5 Å². The molecular weight excluding hydrogens is 348 g/mol. The van der Waals surface area contributed by atoms with Gasteiger partial charge in [0, 0.05) is 51.4 Å². The van der Waals surface area contributed by atoms with Gasteiger partial charge < -0.3 is 4.90 Å². The van der Waals surface area contributed by atoms with Crippen molar-refractivity contribution < 1.29 is 4.79 Å². The summed E-state index contributed by atoms with van der Waals surface area (Å²) < 4.78 is 0. The minimum Gasteiger partial charge on any atom is -0.341 e. The lowest BCUT2D eigenvalue weighted by Gasteiger charge is -2.44. The van der Waals surface area contributed by atoms with E-state index in [0.717, 1.165) is 38.0 Å². The molecule has 156 valence electrons. The highest BCUT2D eigenvalue weighted by Gasteiger charge is 2.33. The largest absolute Gasteiger partial charge is 0.341 e. The first-order valence-electron chi connectivity index (χ1n) is 11.0. The number of carbonyl (C=O) groups excluding carboxylic acids is 1. The molecule has 0 N–H and O–H groups in total. The quantitative estimate of drug-likeness (QED) is 0.752. The zero-order valence-corrected chi connectivity index (χ0v) is 18.2. The van der Waals surface area contributed by atoms with Crippen LogP contribution >= 0.6 is 0 Å². The Labute approximate surface area is 171 Å². The number of carbonyl (C=O) groups is 1. The van der Waals surface area contributed by atoms with Gasteiger partial charge in [0.05, 0.1) is 0 Å². The third-order valence-corrected chi connectivity index (χ3v) is 6.66. The van der Waals surface area contributed by atoms with Crippen LogP contribution in [0.5, 0.6) is 0 Å².